The molecule has 21 heavy (non-hydrogen) atoms. The van der Waals surface area contributed by atoms with Gasteiger partial charge in [-0.3, -0.25) is 9.97 Å². The summed E-state index contributed by atoms with van der Waals surface area (Å²) in [6.45, 7) is 3.12. The summed E-state index contributed by atoms with van der Waals surface area (Å²) in [7, 11) is 0. The van der Waals surface area contributed by atoms with Crippen LogP contribution in [0, 0.1) is 0 Å². The number of hydrogen-bond acceptors (Lipinski definition) is 4. The number of fused-ring (bicyclic) bond motifs is 1. The second-order valence-corrected chi connectivity index (χ2v) is 6.58. The van der Waals surface area contributed by atoms with E-state index in [9.17, 15) is 0 Å². The van der Waals surface area contributed by atoms with Gasteiger partial charge in [0.05, 0.1) is 21.4 Å². The molecule has 2 heterocycles. The average molecular weight is 318 g/mol. The molecule has 0 fully saturated rings. The van der Waals surface area contributed by atoms with Crippen LogP contribution in [0.25, 0.3) is 11.0 Å². The van der Waals surface area contributed by atoms with Gasteiger partial charge in [0.15, 0.2) is 0 Å². The van der Waals surface area contributed by atoms with E-state index in [2.05, 4.69) is 40.4 Å². The zero-order valence-corrected chi connectivity index (χ0v) is 13.3. The molecular weight excluding hydrogens is 302 g/mol. The number of thiophene rings is 1. The Balaban J connectivity index is 2.00. The van der Waals surface area contributed by atoms with Crippen molar-refractivity contribution < 1.29 is 0 Å². The third kappa shape index (κ3) is 3.23. The molecule has 0 aliphatic carbocycles. The van der Waals surface area contributed by atoms with Crippen LogP contribution in [0.1, 0.15) is 29.8 Å². The predicted molar refractivity (Wildman–Crippen MR) is 89.0 cm³/mol. The Hall–Kier alpha value is -1.49. The topological polar surface area (TPSA) is 37.8 Å². The molecule has 0 saturated carbocycles. The molecule has 0 radical (unpaired) electrons. The fourth-order valence-corrected chi connectivity index (χ4v) is 3.48. The number of nitrogens with zero attached hydrogens (tertiary/aromatic N) is 2. The van der Waals surface area contributed by atoms with Gasteiger partial charge in [-0.1, -0.05) is 24.6 Å². The monoisotopic (exact) mass is 317 g/mol. The summed E-state index contributed by atoms with van der Waals surface area (Å²) in [6, 6.07) is 10.4. The van der Waals surface area contributed by atoms with E-state index in [1.165, 1.54) is 10.4 Å². The summed E-state index contributed by atoms with van der Waals surface area (Å²) < 4.78 is 0.814. The molecule has 2 aromatic heterocycles. The molecule has 0 saturated heterocycles. The number of hydrogen-bond donors (Lipinski definition) is 1. The summed E-state index contributed by atoms with van der Waals surface area (Å²) in [6.07, 6.45) is 4.53. The van der Waals surface area contributed by atoms with Gasteiger partial charge in [-0.05, 0) is 42.8 Å². The molecule has 0 amide bonds. The predicted octanol–water partition coefficient (Wildman–Crippen LogP) is 4.43. The SMILES string of the molecule is CCCNC(c1ccc2nccnc2c1)c1ccc(Cl)s1. The largest absolute Gasteiger partial charge is 0.306 e. The van der Waals surface area contributed by atoms with E-state index >= 15 is 0 Å². The minimum atomic E-state index is 0.147. The quantitative estimate of drug-likeness (QED) is 0.756. The lowest BCUT2D eigenvalue weighted by Crippen LogP contribution is -2.22. The van der Waals surface area contributed by atoms with Crippen LogP contribution in [0.2, 0.25) is 4.34 Å². The second-order valence-electron chi connectivity index (χ2n) is 4.83. The molecule has 3 rings (SSSR count). The molecule has 0 bridgehead atoms. The highest BCUT2D eigenvalue weighted by Crippen LogP contribution is 2.31. The summed E-state index contributed by atoms with van der Waals surface area (Å²) in [5.41, 5.74) is 3.02. The van der Waals surface area contributed by atoms with Crippen LogP contribution < -0.4 is 5.32 Å². The van der Waals surface area contributed by atoms with Crippen molar-refractivity contribution in [1.82, 2.24) is 15.3 Å². The van der Waals surface area contributed by atoms with E-state index in [-0.39, 0.29) is 6.04 Å². The van der Waals surface area contributed by atoms with Gasteiger partial charge in [0.2, 0.25) is 0 Å². The summed E-state index contributed by atoms with van der Waals surface area (Å²) in [5.74, 6) is 0. The number of halogens is 1. The molecule has 3 aromatic rings. The maximum Gasteiger partial charge on any atom is 0.0931 e. The van der Waals surface area contributed by atoms with Crippen LogP contribution in [-0.2, 0) is 0 Å². The van der Waals surface area contributed by atoms with Gasteiger partial charge in [-0.25, -0.2) is 0 Å². The number of rotatable bonds is 5. The van der Waals surface area contributed by atoms with Crippen LogP contribution in [0.3, 0.4) is 0 Å². The van der Waals surface area contributed by atoms with Gasteiger partial charge in [-0.2, -0.15) is 0 Å². The summed E-state index contributed by atoms with van der Waals surface area (Å²) >= 11 is 7.70. The zero-order chi connectivity index (χ0) is 14.7. The van der Waals surface area contributed by atoms with Gasteiger partial charge in [-0.15, -0.1) is 11.3 Å². The molecule has 0 aliphatic heterocycles. The molecule has 0 spiro atoms. The lowest BCUT2D eigenvalue weighted by Gasteiger charge is -2.18. The van der Waals surface area contributed by atoms with Crippen molar-refractivity contribution in [3.8, 4) is 0 Å². The third-order valence-electron chi connectivity index (χ3n) is 3.30. The van der Waals surface area contributed by atoms with Crippen LogP contribution in [0.4, 0.5) is 0 Å². The number of benzene rings is 1. The van der Waals surface area contributed by atoms with E-state index < -0.39 is 0 Å². The lowest BCUT2D eigenvalue weighted by atomic mass is 10.0. The van der Waals surface area contributed by atoms with E-state index in [0.29, 0.717) is 0 Å². The molecule has 1 N–H and O–H groups in total. The Morgan fingerprint density at radius 3 is 2.67 bits per heavy atom. The molecule has 108 valence electrons. The van der Waals surface area contributed by atoms with E-state index in [1.807, 2.05) is 12.1 Å². The van der Waals surface area contributed by atoms with E-state index in [0.717, 1.165) is 28.3 Å². The Kier molecular flexibility index (Phi) is 4.48. The van der Waals surface area contributed by atoms with Crippen LogP contribution in [0.5, 0.6) is 0 Å². The number of nitrogens with one attached hydrogen (secondary N) is 1. The first-order valence-electron chi connectivity index (χ1n) is 6.97. The van der Waals surface area contributed by atoms with Crippen LogP contribution in [0.15, 0.2) is 42.7 Å². The van der Waals surface area contributed by atoms with Gasteiger partial charge in [0.1, 0.15) is 0 Å². The fourth-order valence-electron chi connectivity index (χ4n) is 2.31. The Morgan fingerprint density at radius 1 is 1.14 bits per heavy atom. The molecular formula is C16H16ClN3S. The second kappa shape index (κ2) is 6.52. The summed E-state index contributed by atoms with van der Waals surface area (Å²) in [4.78, 5) is 9.93. The normalized spacial score (nSPS) is 12.7. The number of aromatic nitrogens is 2. The molecule has 3 nitrogen and oxygen atoms in total. The third-order valence-corrected chi connectivity index (χ3v) is 4.60. The van der Waals surface area contributed by atoms with Gasteiger partial charge in [0, 0.05) is 17.3 Å². The van der Waals surface area contributed by atoms with Gasteiger partial charge >= 0.3 is 0 Å². The van der Waals surface area contributed by atoms with Crippen molar-refractivity contribution in [3.05, 3.63) is 57.5 Å². The molecule has 0 aliphatic rings. The van der Waals surface area contributed by atoms with Crippen molar-refractivity contribution in [2.24, 2.45) is 0 Å². The van der Waals surface area contributed by atoms with Crippen molar-refractivity contribution in [1.29, 1.82) is 0 Å². The first-order valence-corrected chi connectivity index (χ1v) is 8.16. The van der Waals surface area contributed by atoms with E-state index in [4.69, 9.17) is 11.6 Å². The first-order chi connectivity index (χ1) is 10.3. The summed E-state index contributed by atoms with van der Waals surface area (Å²) in [5, 5.41) is 3.58. The molecule has 5 heteroatoms. The van der Waals surface area contributed by atoms with Crippen LogP contribution >= 0.6 is 22.9 Å². The zero-order valence-electron chi connectivity index (χ0n) is 11.7. The van der Waals surface area contributed by atoms with Crippen molar-refractivity contribution in [2.75, 3.05) is 6.54 Å². The highest BCUT2D eigenvalue weighted by molar-refractivity contribution is 7.16. The lowest BCUT2D eigenvalue weighted by molar-refractivity contribution is 0.606. The fraction of sp³-hybridized carbons (Fsp3) is 0.250. The highest BCUT2D eigenvalue weighted by atomic mass is 35.5. The molecule has 1 atom stereocenters. The standard InChI is InChI=1S/C16H16ClN3S/c1-2-7-20-16(14-5-6-15(17)21-14)11-3-4-12-13(10-11)19-9-8-18-12/h3-6,8-10,16,20H,2,7H2,1H3. The Labute approximate surface area is 133 Å². The van der Waals surface area contributed by atoms with Gasteiger partial charge < -0.3 is 5.32 Å². The van der Waals surface area contributed by atoms with Crippen molar-refractivity contribution in [2.45, 2.75) is 19.4 Å². The Bertz CT molecular complexity index is 741. The van der Waals surface area contributed by atoms with Crippen molar-refractivity contribution in [3.63, 3.8) is 0 Å². The van der Waals surface area contributed by atoms with E-state index in [1.54, 1.807) is 23.7 Å². The van der Waals surface area contributed by atoms with Crippen LogP contribution in [-0.4, -0.2) is 16.5 Å². The molecule has 1 aromatic carbocycles. The maximum atomic E-state index is 6.09. The molecule has 1 unspecified atom stereocenters. The minimum Gasteiger partial charge on any atom is -0.306 e. The Morgan fingerprint density at radius 2 is 1.95 bits per heavy atom. The van der Waals surface area contributed by atoms with Gasteiger partial charge in [0.25, 0.3) is 0 Å². The minimum absolute atomic E-state index is 0.147. The first kappa shape index (κ1) is 14.4. The smallest absolute Gasteiger partial charge is 0.0931 e. The van der Waals surface area contributed by atoms with Crippen molar-refractivity contribution >= 4 is 34.0 Å². The maximum absolute atomic E-state index is 6.09. The highest BCUT2D eigenvalue weighted by Gasteiger charge is 2.16. The average Bonchev–Trinajstić information content (AvgIpc) is 2.94.